The Labute approximate surface area is 234 Å². The number of halogens is 2. The van der Waals surface area contributed by atoms with Crippen LogP contribution < -0.4 is 10.6 Å². The normalized spacial score (nSPS) is 11.3. The molecule has 0 aliphatic rings. The van der Waals surface area contributed by atoms with Crippen LogP contribution in [-0.4, -0.2) is 16.0 Å². The zero-order chi connectivity index (χ0) is 26.8. The molecule has 2 N–H and O–H groups in total. The van der Waals surface area contributed by atoms with Crippen molar-refractivity contribution in [1.29, 1.82) is 0 Å². The number of hydrogen-bond acceptors (Lipinski definition) is 5. The molecule has 0 aliphatic carbocycles. The van der Waals surface area contributed by atoms with E-state index in [1.165, 1.54) is 6.08 Å². The maximum atomic E-state index is 12.4. The van der Waals surface area contributed by atoms with Gasteiger partial charge in [-0.15, -0.1) is 0 Å². The Kier molecular flexibility index (Phi) is 7.33. The van der Waals surface area contributed by atoms with Crippen molar-refractivity contribution in [3.8, 4) is 22.8 Å². The number of aromatic nitrogens is 1. The predicted molar refractivity (Wildman–Crippen MR) is 156 cm³/mol. The van der Waals surface area contributed by atoms with Gasteiger partial charge in [-0.1, -0.05) is 41.4 Å². The number of rotatable bonds is 5. The van der Waals surface area contributed by atoms with Gasteiger partial charge in [0.1, 0.15) is 17.0 Å². The first-order valence-electron chi connectivity index (χ1n) is 11.6. The summed E-state index contributed by atoms with van der Waals surface area (Å²) in [6.45, 7) is 3.87. The van der Waals surface area contributed by atoms with Crippen LogP contribution >= 0.6 is 35.4 Å². The number of carbonyl (C=O) groups is 1. The van der Waals surface area contributed by atoms with Gasteiger partial charge in [-0.3, -0.25) is 10.1 Å². The van der Waals surface area contributed by atoms with Crippen molar-refractivity contribution in [3.05, 3.63) is 99.7 Å². The zero-order valence-electron chi connectivity index (χ0n) is 20.3. The summed E-state index contributed by atoms with van der Waals surface area (Å²) in [5.41, 5.74) is 5.51. The van der Waals surface area contributed by atoms with E-state index in [0.717, 1.165) is 22.3 Å². The number of benzene rings is 3. The van der Waals surface area contributed by atoms with E-state index >= 15 is 0 Å². The minimum atomic E-state index is -0.403. The Morgan fingerprint density at radius 1 is 0.895 bits per heavy atom. The summed E-state index contributed by atoms with van der Waals surface area (Å²) in [5, 5.41) is 7.06. The van der Waals surface area contributed by atoms with Crippen LogP contribution in [0.3, 0.4) is 0 Å². The number of hydrogen-bond donors (Lipinski definition) is 2. The van der Waals surface area contributed by atoms with E-state index in [1.54, 1.807) is 30.3 Å². The Morgan fingerprint density at radius 3 is 2.34 bits per heavy atom. The van der Waals surface area contributed by atoms with Crippen molar-refractivity contribution in [2.24, 2.45) is 0 Å². The summed E-state index contributed by atoms with van der Waals surface area (Å²) in [6.07, 6.45) is 2.91. The first-order valence-corrected chi connectivity index (χ1v) is 12.7. The van der Waals surface area contributed by atoms with Crippen LogP contribution in [0.4, 0.5) is 5.69 Å². The SMILES string of the molecule is Cc1ccc(-c2ccc(/C=C/C(=O)NC(=S)Nc3ccc4oc(-c5ccc(C)c(Cl)c5)nc4c3)o2)cc1Cl. The molecule has 5 rings (SSSR count). The van der Waals surface area contributed by atoms with E-state index in [2.05, 4.69) is 15.6 Å². The van der Waals surface area contributed by atoms with Gasteiger partial charge in [0.05, 0.1) is 0 Å². The maximum absolute atomic E-state index is 12.4. The molecule has 0 spiro atoms. The molecule has 0 fully saturated rings. The summed E-state index contributed by atoms with van der Waals surface area (Å²) < 4.78 is 11.7. The summed E-state index contributed by atoms with van der Waals surface area (Å²) in [7, 11) is 0. The van der Waals surface area contributed by atoms with Gasteiger partial charge < -0.3 is 14.2 Å². The monoisotopic (exact) mass is 561 g/mol. The van der Waals surface area contributed by atoms with E-state index in [4.69, 9.17) is 44.3 Å². The van der Waals surface area contributed by atoms with Gasteiger partial charge in [0.15, 0.2) is 10.7 Å². The van der Waals surface area contributed by atoms with Crippen LogP contribution in [0.25, 0.3) is 40.0 Å². The van der Waals surface area contributed by atoms with E-state index in [1.807, 2.05) is 56.3 Å². The van der Waals surface area contributed by atoms with Crippen LogP contribution in [0.5, 0.6) is 0 Å². The van der Waals surface area contributed by atoms with Gasteiger partial charge in [0.2, 0.25) is 11.8 Å². The fourth-order valence-electron chi connectivity index (χ4n) is 3.67. The van der Waals surface area contributed by atoms with Crippen LogP contribution in [-0.2, 0) is 4.79 Å². The first-order chi connectivity index (χ1) is 18.2. The molecule has 0 unspecified atom stereocenters. The number of oxazole rings is 1. The highest BCUT2D eigenvalue weighted by Gasteiger charge is 2.11. The number of aryl methyl sites for hydroxylation is 2. The van der Waals surface area contributed by atoms with Crippen LogP contribution in [0.15, 0.2) is 81.6 Å². The lowest BCUT2D eigenvalue weighted by molar-refractivity contribution is -0.115. The number of nitrogens with zero attached hydrogens (tertiary/aromatic N) is 1. The largest absolute Gasteiger partial charge is 0.457 e. The summed E-state index contributed by atoms with van der Waals surface area (Å²) in [6, 6.07) is 20.3. The molecule has 2 heterocycles. The highest BCUT2D eigenvalue weighted by Crippen LogP contribution is 2.29. The smallest absolute Gasteiger partial charge is 0.250 e. The minimum absolute atomic E-state index is 0.141. The molecule has 6 nitrogen and oxygen atoms in total. The fraction of sp³-hybridized carbons (Fsp3) is 0.0690. The standard InChI is InChI=1S/C29H21Cl2N3O3S/c1-16-3-5-18(13-22(16)30)25-11-8-21(36-25)9-12-27(35)34-29(38)32-20-7-10-26-24(15-20)33-28(37-26)19-6-4-17(2)23(31)14-19/h3-15H,1-2H3,(H2,32,34,35,38)/b12-9+. The van der Waals surface area contributed by atoms with Crippen molar-refractivity contribution in [2.45, 2.75) is 13.8 Å². The Morgan fingerprint density at radius 2 is 1.61 bits per heavy atom. The van der Waals surface area contributed by atoms with Gasteiger partial charge in [0.25, 0.3) is 0 Å². The number of carbonyl (C=O) groups excluding carboxylic acids is 1. The maximum Gasteiger partial charge on any atom is 0.250 e. The van der Waals surface area contributed by atoms with Crippen molar-refractivity contribution < 1.29 is 13.6 Å². The van der Waals surface area contributed by atoms with Crippen LogP contribution in [0, 0.1) is 13.8 Å². The molecule has 0 bridgehead atoms. The second-order valence-electron chi connectivity index (χ2n) is 8.61. The highest BCUT2D eigenvalue weighted by molar-refractivity contribution is 7.80. The molecular weight excluding hydrogens is 541 g/mol. The van der Waals surface area contributed by atoms with Crippen molar-refractivity contribution in [2.75, 3.05) is 5.32 Å². The molecule has 0 saturated carbocycles. The number of fused-ring (bicyclic) bond motifs is 1. The molecule has 2 aromatic heterocycles. The average molecular weight is 562 g/mol. The molecular formula is C29H21Cl2N3O3S. The topological polar surface area (TPSA) is 80.3 Å². The zero-order valence-corrected chi connectivity index (χ0v) is 22.7. The van der Waals surface area contributed by atoms with E-state index in [-0.39, 0.29) is 5.11 Å². The third-order valence-corrected chi connectivity index (χ3v) is 6.80. The van der Waals surface area contributed by atoms with Gasteiger partial charge in [-0.2, -0.15) is 0 Å². The lowest BCUT2D eigenvalue weighted by atomic mass is 10.1. The molecule has 3 aromatic carbocycles. The summed E-state index contributed by atoms with van der Waals surface area (Å²) in [4.78, 5) is 16.9. The highest BCUT2D eigenvalue weighted by atomic mass is 35.5. The molecule has 190 valence electrons. The van der Waals surface area contributed by atoms with Crippen molar-refractivity contribution >= 4 is 69.3 Å². The van der Waals surface area contributed by atoms with Gasteiger partial charge >= 0.3 is 0 Å². The number of nitrogens with one attached hydrogen (secondary N) is 2. The van der Waals surface area contributed by atoms with E-state index in [9.17, 15) is 4.79 Å². The molecule has 9 heteroatoms. The molecule has 5 aromatic rings. The van der Waals surface area contributed by atoms with Crippen LogP contribution in [0.2, 0.25) is 10.0 Å². The number of furan rings is 1. The second-order valence-corrected chi connectivity index (χ2v) is 9.83. The summed E-state index contributed by atoms with van der Waals surface area (Å²) in [5.74, 6) is 1.24. The number of thiocarbonyl (C=S) groups is 1. The van der Waals surface area contributed by atoms with E-state index < -0.39 is 5.91 Å². The van der Waals surface area contributed by atoms with Crippen molar-refractivity contribution in [3.63, 3.8) is 0 Å². The Bertz CT molecular complexity index is 1720. The van der Waals surface area contributed by atoms with Crippen LogP contribution in [0.1, 0.15) is 16.9 Å². The third-order valence-electron chi connectivity index (χ3n) is 5.78. The lowest BCUT2D eigenvalue weighted by Gasteiger charge is -2.07. The molecule has 0 aliphatic heterocycles. The van der Waals surface area contributed by atoms with Gasteiger partial charge in [0, 0.05) is 32.9 Å². The second kappa shape index (κ2) is 10.8. The van der Waals surface area contributed by atoms with Gasteiger partial charge in [-0.25, -0.2) is 4.98 Å². The predicted octanol–water partition coefficient (Wildman–Crippen LogP) is 8.20. The first kappa shape index (κ1) is 25.7. The van der Waals surface area contributed by atoms with Gasteiger partial charge in [-0.05, 0) is 91.8 Å². The quantitative estimate of drug-likeness (QED) is 0.166. The number of amides is 1. The fourth-order valence-corrected chi connectivity index (χ4v) is 4.25. The molecule has 0 radical (unpaired) electrons. The third kappa shape index (κ3) is 5.81. The average Bonchev–Trinajstić information content (AvgIpc) is 3.53. The molecule has 0 atom stereocenters. The molecule has 0 saturated heterocycles. The Balaban J connectivity index is 1.20. The van der Waals surface area contributed by atoms with E-state index in [0.29, 0.717) is 44.2 Å². The Hall–Kier alpha value is -3.91. The minimum Gasteiger partial charge on any atom is -0.457 e. The summed E-state index contributed by atoms with van der Waals surface area (Å²) >= 11 is 17.7. The van der Waals surface area contributed by atoms with Crippen molar-refractivity contribution in [1.82, 2.24) is 10.3 Å². The number of anilines is 1. The molecule has 38 heavy (non-hydrogen) atoms. The molecule has 1 amide bonds. The lowest BCUT2D eigenvalue weighted by Crippen LogP contribution is -2.32.